The Labute approximate surface area is 105 Å². The summed E-state index contributed by atoms with van der Waals surface area (Å²) >= 11 is 0. The molecular formula is C11H12ClO4S-. The number of carbonyl (C=O) groups excluding carboxylic acids is 1. The SMILES string of the molecule is CC(C)(Cc1ccc(S(=O)(=O)Cl)cc1)C(=O)[O-]. The molecule has 0 amide bonds. The molecule has 0 N–H and O–H groups in total. The third-order valence-corrected chi connectivity index (χ3v) is 3.77. The zero-order valence-electron chi connectivity index (χ0n) is 9.44. The fourth-order valence-corrected chi connectivity index (χ4v) is 2.12. The van der Waals surface area contributed by atoms with E-state index in [1.165, 1.54) is 12.1 Å². The molecule has 0 radical (unpaired) electrons. The van der Waals surface area contributed by atoms with Gasteiger partial charge in [0, 0.05) is 22.1 Å². The van der Waals surface area contributed by atoms with Crippen LogP contribution in [0.15, 0.2) is 29.2 Å². The van der Waals surface area contributed by atoms with Crippen molar-refractivity contribution in [1.82, 2.24) is 0 Å². The minimum Gasteiger partial charge on any atom is -0.550 e. The number of benzene rings is 1. The Hall–Kier alpha value is -1.07. The molecule has 0 saturated heterocycles. The molecule has 0 fully saturated rings. The monoisotopic (exact) mass is 275 g/mol. The zero-order valence-corrected chi connectivity index (χ0v) is 11.0. The van der Waals surface area contributed by atoms with Gasteiger partial charge in [-0.2, -0.15) is 0 Å². The molecule has 94 valence electrons. The normalized spacial score (nSPS) is 12.4. The summed E-state index contributed by atoms with van der Waals surface area (Å²) in [4.78, 5) is 10.8. The average molecular weight is 276 g/mol. The van der Waals surface area contributed by atoms with Crippen molar-refractivity contribution in [1.29, 1.82) is 0 Å². The molecule has 1 rings (SSSR count). The van der Waals surface area contributed by atoms with Crippen LogP contribution in [0.3, 0.4) is 0 Å². The molecule has 0 unspecified atom stereocenters. The van der Waals surface area contributed by atoms with Crippen molar-refractivity contribution in [3.8, 4) is 0 Å². The summed E-state index contributed by atoms with van der Waals surface area (Å²) < 4.78 is 22.0. The first kappa shape index (κ1) is 14.0. The van der Waals surface area contributed by atoms with E-state index in [2.05, 4.69) is 0 Å². The third kappa shape index (κ3) is 3.71. The zero-order chi connectivity index (χ0) is 13.3. The molecule has 4 nitrogen and oxygen atoms in total. The minimum atomic E-state index is -3.74. The first-order valence-electron chi connectivity index (χ1n) is 4.88. The molecule has 0 aromatic heterocycles. The predicted molar refractivity (Wildman–Crippen MR) is 62.0 cm³/mol. The highest BCUT2D eigenvalue weighted by Crippen LogP contribution is 2.22. The number of carboxylic acid groups (broad SMARTS) is 1. The van der Waals surface area contributed by atoms with E-state index < -0.39 is 20.4 Å². The largest absolute Gasteiger partial charge is 0.550 e. The van der Waals surface area contributed by atoms with Gasteiger partial charge in [-0.3, -0.25) is 0 Å². The van der Waals surface area contributed by atoms with E-state index in [0.717, 1.165) is 0 Å². The molecule has 6 heteroatoms. The molecule has 0 aliphatic heterocycles. The Bertz CT molecular complexity index is 517. The summed E-state index contributed by atoms with van der Waals surface area (Å²) in [6.45, 7) is 3.10. The summed E-state index contributed by atoms with van der Waals surface area (Å²) in [5.74, 6) is -1.15. The Kier molecular flexibility index (Phi) is 3.84. The van der Waals surface area contributed by atoms with Gasteiger partial charge < -0.3 is 9.90 Å². The number of hydrogen-bond acceptors (Lipinski definition) is 4. The van der Waals surface area contributed by atoms with Crippen molar-refractivity contribution < 1.29 is 18.3 Å². The van der Waals surface area contributed by atoms with Gasteiger partial charge in [0.05, 0.1) is 4.90 Å². The van der Waals surface area contributed by atoms with E-state index in [1.807, 2.05) is 0 Å². The van der Waals surface area contributed by atoms with Crippen molar-refractivity contribution >= 4 is 25.7 Å². The second-order valence-electron chi connectivity index (χ2n) is 4.43. The van der Waals surface area contributed by atoms with Gasteiger partial charge in [-0.15, -0.1) is 0 Å². The lowest BCUT2D eigenvalue weighted by molar-refractivity contribution is -0.317. The summed E-state index contributed by atoms with van der Waals surface area (Å²) in [6, 6.07) is 5.78. The first-order chi connectivity index (χ1) is 7.63. The van der Waals surface area contributed by atoms with Crippen LogP contribution in [0.2, 0.25) is 0 Å². The number of hydrogen-bond donors (Lipinski definition) is 0. The summed E-state index contributed by atoms with van der Waals surface area (Å²) in [5.41, 5.74) is -0.287. The molecule has 0 aliphatic carbocycles. The van der Waals surface area contributed by atoms with E-state index >= 15 is 0 Å². The van der Waals surface area contributed by atoms with Crippen LogP contribution in [-0.2, 0) is 20.3 Å². The smallest absolute Gasteiger partial charge is 0.261 e. The molecular weight excluding hydrogens is 264 g/mol. The van der Waals surface area contributed by atoms with Gasteiger partial charge in [-0.05, 0) is 24.1 Å². The van der Waals surface area contributed by atoms with Crippen LogP contribution in [0.5, 0.6) is 0 Å². The lowest BCUT2D eigenvalue weighted by Gasteiger charge is -2.25. The van der Waals surface area contributed by atoms with Crippen LogP contribution >= 0.6 is 10.7 Å². The van der Waals surface area contributed by atoms with Crippen molar-refractivity contribution in [2.24, 2.45) is 5.41 Å². The maximum Gasteiger partial charge on any atom is 0.261 e. The van der Waals surface area contributed by atoms with Crippen LogP contribution in [0.25, 0.3) is 0 Å². The van der Waals surface area contributed by atoms with Gasteiger partial charge >= 0.3 is 0 Å². The number of halogens is 1. The van der Waals surface area contributed by atoms with Crippen molar-refractivity contribution in [2.45, 2.75) is 25.2 Å². The summed E-state index contributed by atoms with van der Waals surface area (Å²) in [7, 11) is 1.43. The molecule has 0 saturated carbocycles. The van der Waals surface area contributed by atoms with Crippen molar-refractivity contribution in [3.05, 3.63) is 29.8 Å². The summed E-state index contributed by atoms with van der Waals surface area (Å²) in [5, 5.41) is 10.8. The fourth-order valence-electron chi connectivity index (χ4n) is 1.35. The van der Waals surface area contributed by atoms with E-state index in [4.69, 9.17) is 10.7 Å². The molecule has 17 heavy (non-hydrogen) atoms. The van der Waals surface area contributed by atoms with Gasteiger partial charge in [-0.1, -0.05) is 26.0 Å². The predicted octanol–water partition coefficient (Wildman–Crippen LogP) is 0.933. The molecule has 0 atom stereocenters. The molecule has 0 aliphatic rings. The topological polar surface area (TPSA) is 74.3 Å². The molecule has 1 aromatic rings. The second-order valence-corrected chi connectivity index (χ2v) is 7.00. The number of carboxylic acids is 1. The Morgan fingerprint density at radius 1 is 1.29 bits per heavy atom. The maximum absolute atomic E-state index is 11.0. The highest BCUT2D eigenvalue weighted by atomic mass is 35.7. The Morgan fingerprint density at radius 3 is 2.12 bits per heavy atom. The highest BCUT2D eigenvalue weighted by molar-refractivity contribution is 8.13. The number of rotatable bonds is 4. The van der Waals surface area contributed by atoms with Gasteiger partial charge in [0.2, 0.25) is 0 Å². The van der Waals surface area contributed by atoms with Crippen molar-refractivity contribution in [2.75, 3.05) is 0 Å². The molecule has 1 aromatic carbocycles. The van der Waals surface area contributed by atoms with Gasteiger partial charge in [0.1, 0.15) is 0 Å². The van der Waals surface area contributed by atoms with Gasteiger partial charge in [0.25, 0.3) is 9.05 Å². The van der Waals surface area contributed by atoms with Gasteiger partial charge in [0.15, 0.2) is 0 Å². The van der Waals surface area contributed by atoms with Crippen molar-refractivity contribution in [3.63, 3.8) is 0 Å². The van der Waals surface area contributed by atoms with E-state index in [0.29, 0.717) is 5.56 Å². The second kappa shape index (κ2) is 4.66. The quantitative estimate of drug-likeness (QED) is 0.766. The van der Waals surface area contributed by atoms with E-state index in [-0.39, 0.29) is 11.3 Å². The highest BCUT2D eigenvalue weighted by Gasteiger charge is 2.20. The maximum atomic E-state index is 11.0. The molecule has 0 spiro atoms. The average Bonchev–Trinajstić information content (AvgIpc) is 2.16. The minimum absolute atomic E-state index is 0.00540. The Morgan fingerprint density at radius 2 is 1.76 bits per heavy atom. The molecule has 0 bridgehead atoms. The van der Waals surface area contributed by atoms with Crippen LogP contribution in [-0.4, -0.2) is 14.4 Å². The summed E-state index contributed by atoms with van der Waals surface area (Å²) in [6.07, 6.45) is 0.262. The van der Waals surface area contributed by atoms with Crippen LogP contribution in [0, 0.1) is 5.41 Å². The standard InChI is InChI=1S/C11H13ClO4S/c1-11(2,10(13)14)7-8-3-5-9(6-4-8)17(12,15)16/h3-6H,7H2,1-2H3,(H,13,14)/p-1. The van der Waals surface area contributed by atoms with Gasteiger partial charge in [-0.25, -0.2) is 8.42 Å². The van der Waals surface area contributed by atoms with Crippen LogP contribution < -0.4 is 5.11 Å². The lowest BCUT2D eigenvalue weighted by atomic mass is 9.86. The van der Waals surface area contributed by atoms with E-state index in [1.54, 1.807) is 26.0 Å². The first-order valence-corrected chi connectivity index (χ1v) is 7.19. The van der Waals surface area contributed by atoms with E-state index in [9.17, 15) is 18.3 Å². The fraction of sp³-hybridized carbons (Fsp3) is 0.364. The van der Waals surface area contributed by atoms with Crippen LogP contribution in [0.4, 0.5) is 0 Å². The number of carbonyl (C=O) groups is 1. The Balaban J connectivity index is 2.94. The third-order valence-electron chi connectivity index (χ3n) is 2.40. The number of aliphatic carboxylic acids is 1. The molecule has 0 heterocycles. The van der Waals surface area contributed by atoms with Crippen LogP contribution in [0.1, 0.15) is 19.4 Å². The lowest BCUT2D eigenvalue weighted by Crippen LogP contribution is -2.39.